The molecule has 1 heterocycles. The number of ether oxygens (including phenoxy) is 2. The number of carbonyl (C=O) groups is 3. The summed E-state index contributed by atoms with van der Waals surface area (Å²) >= 11 is 0. The number of hydrogen-bond acceptors (Lipinski definition) is 5. The van der Waals surface area contributed by atoms with Crippen molar-refractivity contribution in [1.29, 1.82) is 0 Å². The first kappa shape index (κ1) is 24.2. The third-order valence-electron chi connectivity index (χ3n) is 5.08. The quantitative estimate of drug-likeness (QED) is 0.453. The Hall–Kier alpha value is -3.42. The summed E-state index contributed by atoms with van der Waals surface area (Å²) in [4.78, 5) is 38.1. The molecule has 1 aliphatic heterocycles. The Morgan fingerprint density at radius 1 is 1.06 bits per heavy atom. The van der Waals surface area contributed by atoms with Gasteiger partial charge in [-0.3, -0.25) is 14.5 Å². The van der Waals surface area contributed by atoms with E-state index in [2.05, 4.69) is 5.32 Å². The summed E-state index contributed by atoms with van der Waals surface area (Å²) in [6.45, 7) is 7.60. The highest BCUT2D eigenvalue weighted by Gasteiger charge is 2.34. The van der Waals surface area contributed by atoms with Crippen molar-refractivity contribution in [3.63, 3.8) is 0 Å². The van der Waals surface area contributed by atoms with E-state index in [-0.39, 0.29) is 11.8 Å². The van der Waals surface area contributed by atoms with Crippen LogP contribution in [0.4, 0.5) is 9.18 Å². The van der Waals surface area contributed by atoms with Crippen LogP contribution in [0.3, 0.4) is 0 Å². The summed E-state index contributed by atoms with van der Waals surface area (Å²) in [5, 5.41) is 2.69. The number of hydrogen-bond donors (Lipinski definition) is 1. The van der Waals surface area contributed by atoms with Gasteiger partial charge < -0.3 is 14.8 Å². The van der Waals surface area contributed by atoms with Crippen LogP contribution in [0.25, 0.3) is 0 Å². The number of imide groups is 1. The van der Waals surface area contributed by atoms with Crippen LogP contribution in [0.2, 0.25) is 0 Å². The third-order valence-corrected chi connectivity index (χ3v) is 5.08. The number of carbonyl (C=O) groups excluding carboxylic acids is 3. The predicted molar refractivity (Wildman–Crippen MR) is 121 cm³/mol. The Morgan fingerprint density at radius 2 is 1.70 bits per heavy atom. The van der Waals surface area contributed by atoms with Crippen molar-refractivity contribution in [3.05, 3.63) is 65.0 Å². The molecule has 0 fully saturated rings. The van der Waals surface area contributed by atoms with Crippen LogP contribution in [0, 0.1) is 5.82 Å². The zero-order valence-corrected chi connectivity index (χ0v) is 19.3. The fourth-order valence-corrected chi connectivity index (χ4v) is 3.55. The molecule has 0 radical (unpaired) electrons. The molecule has 33 heavy (non-hydrogen) atoms. The highest BCUT2D eigenvalue weighted by atomic mass is 19.1. The maximum Gasteiger partial charge on any atom is 0.408 e. The van der Waals surface area contributed by atoms with Crippen LogP contribution in [0.1, 0.15) is 72.9 Å². The van der Waals surface area contributed by atoms with Crippen LogP contribution < -0.4 is 10.1 Å². The average Bonchev–Trinajstić information content (AvgIpc) is 2.98. The Balaban J connectivity index is 1.52. The molecule has 2 aromatic carbocycles. The lowest BCUT2D eigenvalue weighted by Crippen LogP contribution is -2.34. The lowest BCUT2D eigenvalue weighted by atomic mass is 10.1. The molecule has 8 heteroatoms. The molecule has 0 aromatic heterocycles. The van der Waals surface area contributed by atoms with E-state index in [9.17, 15) is 18.8 Å². The zero-order valence-electron chi connectivity index (χ0n) is 19.3. The van der Waals surface area contributed by atoms with Gasteiger partial charge in [0.15, 0.2) is 0 Å². The maximum absolute atomic E-state index is 13.8. The van der Waals surface area contributed by atoms with Gasteiger partial charge in [-0.1, -0.05) is 12.1 Å². The van der Waals surface area contributed by atoms with Gasteiger partial charge in [0.25, 0.3) is 11.8 Å². The SMILES string of the molecule is C[C@@H](NC(=O)OC(C)(C)C)c1cc(F)ccc1OCCCCN1C(=O)c2ccccc2C1=O. The summed E-state index contributed by atoms with van der Waals surface area (Å²) in [7, 11) is 0. The molecule has 0 unspecified atom stereocenters. The number of unbranched alkanes of at least 4 members (excludes halogenated alkanes) is 1. The summed E-state index contributed by atoms with van der Waals surface area (Å²) < 4.78 is 24.9. The van der Waals surface area contributed by atoms with Gasteiger partial charge in [-0.05, 0) is 70.9 Å². The van der Waals surface area contributed by atoms with E-state index in [0.717, 1.165) is 0 Å². The van der Waals surface area contributed by atoms with Gasteiger partial charge in [0.05, 0.1) is 23.8 Å². The minimum Gasteiger partial charge on any atom is -0.493 e. The van der Waals surface area contributed by atoms with Crippen molar-refractivity contribution < 1.29 is 28.2 Å². The summed E-state index contributed by atoms with van der Waals surface area (Å²) in [6.07, 6.45) is 0.539. The largest absolute Gasteiger partial charge is 0.493 e. The fraction of sp³-hybridized carbons (Fsp3) is 0.400. The molecule has 0 saturated carbocycles. The van der Waals surface area contributed by atoms with E-state index in [1.54, 1.807) is 52.0 Å². The Kier molecular flexibility index (Phi) is 7.36. The maximum atomic E-state index is 13.8. The van der Waals surface area contributed by atoms with Crippen molar-refractivity contribution in [2.24, 2.45) is 0 Å². The molecule has 0 aliphatic carbocycles. The predicted octanol–water partition coefficient (Wildman–Crippen LogP) is 4.87. The highest BCUT2D eigenvalue weighted by Crippen LogP contribution is 2.27. The second-order valence-electron chi connectivity index (χ2n) is 8.91. The van der Waals surface area contributed by atoms with Gasteiger partial charge in [-0.15, -0.1) is 0 Å². The molecule has 1 atom stereocenters. The van der Waals surface area contributed by atoms with Crippen molar-refractivity contribution in [3.8, 4) is 5.75 Å². The molecule has 3 rings (SSSR count). The van der Waals surface area contributed by atoms with Crippen LogP contribution >= 0.6 is 0 Å². The first-order chi connectivity index (χ1) is 15.6. The van der Waals surface area contributed by atoms with Gasteiger partial charge in [0.2, 0.25) is 0 Å². The van der Waals surface area contributed by atoms with Gasteiger partial charge in [0.1, 0.15) is 17.2 Å². The van der Waals surface area contributed by atoms with Crippen molar-refractivity contribution >= 4 is 17.9 Å². The molecule has 0 spiro atoms. The second-order valence-corrected chi connectivity index (χ2v) is 8.91. The van der Waals surface area contributed by atoms with E-state index in [1.165, 1.54) is 23.1 Å². The highest BCUT2D eigenvalue weighted by molar-refractivity contribution is 6.21. The Morgan fingerprint density at radius 3 is 2.30 bits per heavy atom. The second kappa shape index (κ2) is 10.0. The molecule has 3 amide bonds. The first-order valence-electron chi connectivity index (χ1n) is 10.9. The Bertz CT molecular complexity index is 1010. The number of fused-ring (bicyclic) bond motifs is 1. The molecule has 176 valence electrons. The topological polar surface area (TPSA) is 84.9 Å². The molecule has 1 N–H and O–H groups in total. The van der Waals surface area contributed by atoms with Crippen LogP contribution in [0.5, 0.6) is 5.75 Å². The fourth-order valence-electron chi connectivity index (χ4n) is 3.55. The number of benzene rings is 2. The van der Waals surface area contributed by atoms with E-state index in [1.807, 2.05) is 0 Å². The van der Waals surface area contributed by atoms with Crippen molar-refractivity contribution in [1.82, 2.24) is 10.2 Å². The number of amides is 3. The van der Waals surface area contributed by atoms with E-state index >= 15 is 0 Å². The van der Waals surface area contributed by atoms with Crippen LogP contribution in [-0.2, 0) is 4.74 Å². The minimum atomic E-state index is -0.648. The first-order valence-corrected chi connectivity index (χ1v) is 10.9. The number of halogens is 1. The number of nitrogens with zero attached hydrogens (tertiary/aromatic N) is 1. The van der Waals surface area contributed by atoms with E-state index < -0.39 is 23.6 Å². The number of nitrogens with one attached hydrogen (secondary N) is 1. The van der Waals surface area contributed by atoms with Crippen molar-refractivity contribution in [2.75, 3.05) is 13.2 Å². The lowest BCUT2D eigenvalue weighted by molar-refractivity contribution is 0.0505. The third kappa shape index (κ3) is 6.09. The monoisotopic (exact) mass is 456 g/mol. The van der Waals surface area contributed by atoms with Crippen LogP contribution in [0.15, 0.2) is 42.5 Å². The molecular formula is C25H29FN2O5. The summed E-state index contributed by atoms with van der Waals surface area (Å²) in [6, 6.07) is 10.4. The van der Waals surface area contributed by atoms with E-state index in [4.69, 9.17) is 9.47 Å². The standard InChI is InChI=1S/C25H29FN2O5/c1-16(27-24(31)33-25(2,3)4)20-15-17(26)11-12-21(20)32-14-8-7-13-28-22(29)18-9-5-6-10-19(18)23(28)30/h5-6,9-12,15-16H,7-8,13-14H2,1-4H3,(H,27,31)/t16-/m1/s1. The molecule has 1 aliphatic rings. The molecule has 0 bridgehead atoms. The van der Waals surface area contributed by atoms with Gasteiger partial charge in [-0.25, -0.2) is 9.18 Å². The van der Waals surface area contributed by atoms with Crippen LogP contribution in [-0.4, -0.2) is 41.6 Å². The minimum absolute atomic E-state index is 0.278. The summed E-state index contributed by atoms with van der Waals surface area (Å²) in [5.41, 5.74) is 0.702. The molecule has 2 aromatic rings. The van der Waals surface area contributed by atoms with Gasteiger partial charge in [-0.2, -0.15) is 0 Å². The van der Waals surface area contributed by atoms with Gasteiger partial charge >= 0.3 is 6.09 Å². The zero-order chi connectivity index (χ0) is 24.2. The number of rotatable bonds is 8. The Labute approximate surface area is 192 Å². The van der Waals surface area contributed by atoms with Gasteiger partial charge in [0, 0.05) is 12.1 Å². The van der Waals surface area contributed by atoms with Crippen molar-refractivity contribution in [2.45, 2.75) is 52.2 Å². The smallest absolute Gasteiger partial charge is 0.408 e. The van der Waals surface area contributed by atoms with E-state index in [0.29, 0.717) is 48.4 Å². The molecule has 7 nitrogen and oxygen atoms in total. The number of alkyl carbamates (subject to hydrolysis) is 1. The lowest BCUT2D eigenvalue weighted by Gasteiger charge is -2.23. The summed E-state index contributed by atoms with van der Waals surface area (Å²) in [5.74, 6) is -0.555. The normalized spacial score (nSPS) is 14.2. The average molecular weight is 457 g/mol. The molecule has 0 saturated heterocycles. The molecular weight excluding hydrogens is 427 g/mol.